The fraction of sp³-hybridized carbons (Fsp3) is 0.889. The van der Waals surface area contributed by atoms with Gasteiger partial charge in [0, 0.05) is 13.2 Å². The Morgan fingerprint density at radius 2 is 2.23 bits per heavy atom. The van der Waals surface area contributed by atoms with E-state index in [1.807, 2.05) is 0 Å². The van der Waals surface area contributed by atoms with Gasteiger partial charge < -0.3 is 14.6 Å². The molecule has 0 aromatic carbocycles. The Balaban J connectivity index is 2.48. The Morgan fingerprint density at radius 1 is 1.62 bits per heavy atom. The van der Waals surface area contributed by atoms with Gasteiger partial charge >= 0.3 is 5.97 Å². The van der Waals surface area contributed by atoms with E-state index in [0.29, 0.717) is 13.2 Å². The van der Waals surface area contributed by atoms with E-state index in [4.69, 9.17) is 9.84 Å². The lowest BCUT2D eigenvalue weighted by molar-refractivity contribution is -0.150. The summed E-state index contributed by atoms with van der Waals surface area (Å²) in [5.41, 5.74) is 0. The second-order valence-electron chi connectivity index (χ2n) is 3.26. The fourth-order valence-electron chi connectivity index (χ4n) is 1.69. The third-order valence-corrected chi connectivity index (χ3v) is 2.54. The standard InChI is InChI=1S/C9H16O4/c1-12-9(11)8(6-10)7-2-4-13-5-3-7/h7-8,10H,2-6H2,1H3. The summed E-state index contributed by atoms with van der Waals surface area (Å²) in [6.07, 6.45) is 1.67. The number of aliphatic hydroxyl groups excluding tert-OH is 1. The van der Waals surface area contributed by atoms with E-state index in [2.05, 4.69) is 4.74 Å². The highest BCUT2D eigenvalue weighted by molar-refractivity contribution is 5.72. The second-order valence-corrected chi connectivity index (χ2v) is 3.26. The summed E-state index contributed by atoms with van der Waals surface area (Å²) in [6.45, 7) is 1.23. The van der Waals surface area contributed by atoms with Crippen molar-refractivity contribution in [1.82, 2.24) is 0 Å². The summed E-state index contributed by atoms with van der Waals surface area (Å²) in [7, 11) is 1.35. The van der Waals surface area contributed by atoms with Crippen LogP contribution < -0.4 is 0 Å². The van der Waals surface area contributed by atoms with Gasteiger partial charge in [-0.25, -0.2) is 0 Å². The van der Waals surface area contributed by atoms with Crippen molar-refractivity contribution in [3.05, 3.63) is 0 Å². The third-order valence-electron chi connectivity index (χ3n) is 2.54. The third kappa shape index (κ3) is 2.67. The van der Waals surface area contributed by atoms with Crippen LogP contribution in [-0.2, 0) is 14.3 Å². The monoisotopic (exact) mass is 188 g/mol. The highest BCUT2D eigenvalue weighted by atomic mass is 16.5. The average Bonchev–Trinajstić information content (AvgIpc) is 2.20. The number of ether oxygens (including phenoxy) is 2. The molecule has 1 rings (SSSR count). The first-order valence-corrected chi connectivity index (χ1v) is 4.56. The molecule has 4 nitrogen and oxygen atoms in total. The molecule has 0 radical (unpaired) electrons. The van der Waals surface area contributed by atoms with Crippen molar-refractivity contribution in [2.75, 3.05) is 26.9 Å². The van der Waals surface area contributed by atoms with Crippen molar-refractivity contribution in [2.24, 2.45) is 11.8 Å². The van der Waals surface area contributed by atoms with Crippen LogP contribution in [0.1, 0.15) is 12.8 Å². The van der Waals surface area contributed by atoms with Crippen LogP contribution in [-0.4, -0.2) is 38.0 Å². The van der Waals surface area contributed by atoms with Gasteiger partial charge in [-0.2, -0.15) is 0 Å². The van der Waals surface area contributed by atoms with Gasteiger partial charge in [-0.15, -0.1) is 0 Å². The molecule has 1 N–H and O–H groups in total. The van der Waals surface area contributed by atoms with Crippen LogP contribution in [0.5, 0.6) is 0 Å². The maximum Gasteiger partial charge on any atom is 0.311 e. The molecule has 76 valence electrons. The molecule has 4 heteroatoms. The van der Waals surface area contributed by atoms with Gasteiger partial charge in [0.2, 0.25) is 0 Å². The molecule has 1 heterocycles. The molecule has 0 spiro atoms. The second kappa shape index (κ2) is 5.19. The van der Waals surface area contributed by atoms with Crippen LogP contribution in [0.15, 0.2) is 0 Å². The Kier molecular flexibility index (Phi) is 4.18. The molecule has 1 unspecified atom stereocenters. The highest BCUT2D eigenvalue weighted by Crippen LogP contribution is 2.24. The summed E-state index contributed by atoms with van der Waals surface area (Å²) in [6, 6.07) is 0. The van der Waals surface area contributed by atoms with Gasteiger partial charge in [-0.3, -0.25) is 4.79 Å². The number of rotatable bonds is 3. The summed E-state index contributed by atoms with van der Waals surface area (Å²) < 4.78 is 9.79. The molecule has 0 aromatic heterocycles. The van der Waals surface area contributed by atoms with Crippen LogP contribution in [0.4, 0.5) is 0 Å². The van der Waals surface area contributed by atoms with Crippen LogP contribution >= 0.6 is 0 Å². The SMILES string of the molecule is COC(=O)C(CO)C1CCOCC1. The summed E-state index contributed by atoms with van der Waals surface area (Å²) >= 11 is 0. The maximum absolute atomic E-state index is 11.2. The molecule has 0 bridgehead atoms. The lowest BCUT2D eigenvalue weighted by atomic mass is 9.86. The Hall–Kier alpha value is -0.610. The van der Waals surface area contributed by atoms with Crippen LogP contribution in [0.25, 0.3) is 0 Å². The van der Waals surface area contributed by atoms with Crippen LogP contribution in [0.2, 0.25) is 0 Å². The summed E-state index contributed by atoms with van der Waals surface area (Å²) in [4.78, 5) is 11.2. The quantitative estimate of drug-likeness (QED) is 0.642. The zero-order chi connectivity index (χ0) is 9.68. The maximum atomic E-state index is 11.2. The zero-order valence-electron chi connectivity index (χ0n) is 7.86. The molecule has 1 saturated heterocycles. The Morgan fingerprint density at radius 3 is 2.69 bits per heavy atom. The van der Waals surface area contributed by atoms with Crippen LogP contribution in [0.3, 0.4) is 0 Å². The summed E-state index contributed by atoms with van der Waals surface area (Å²) in [5, 5.41) is 9.04. The normalized spacial score (nSPS) is 21.1. The number of hydrogen-bond acceptors (Lipinski definition) is 4. The first kappa shape index (κ1) is 10.5. The Labute approximate surface area is 77.8 Å². The van der Waals surface area contributed by atoms with E-state index < -0.39 is 0 Å². The van der Waals surface area contributed by atoms with Crippen molar-refractivity contribution in [3.63, 3.8) is 0 Å². The van der Waals surface area contributed by atoms with Gasteiger partial charge in [0.15, 0.2) is 0 Å². The number of carbonyl (C=O) groups excluding carboxylic acids is 1. The predicted molar refractivity (Wildman–Crippen MR) is 46.1 cm³/mol. The topological polar surface area (TPSA) is 55.8 Å². The molecule has 13 heavy (non-hydrogen) atoms. The van der Waals surface area contributed by atoms with Crippen molar-refractivity contribution < 1.29 is 19.4 Å². The van der Waals surface area contributed by atoms with Gasteiger partial charge in [-0.05, 0) is 18.8 Å². The van der Waals surface area contributed by atoms with Crippen molar-refractivity contribution >= 4 is 5.97 Å². The molecule has 1 fully saturated rings. The average molecular weight is 188 g/mol. The van der Waals surface area contributed by atoms with E-state index in [1.165, 1.54) is 7.11 Å². The first-order chi connectivity index (χ1) is 6.29. The van der Waals surface area contributed by atoms with E-state index in [0.717, 1.165) is 12.8 Å². The number of aliphatic hydroxyl groups is 1. The van der Waals surface area contributed by atoms with E-state index in [9.17, 15) is 4.79 Å². The highest BCUT2D eigenvalue weighted by Gasteiger charge is 2.29. The number of carbonyl (C=O) groups is 1. The predicted octanol–water partition coefficient (Wildman–Crippen LogP) is 0.194. The molecule has 1 aliphatic rings. The molecule has 0 amide bonds. The molecule has 0 saturated carbocycles. The largest absolute Gasteiger partial charge is 0.469 e. The zero-order valence-corrected chi connectivity index (χ0v) is 7.86. The molecule has 1 aliphatic heterocycles. The van der Waals surface area contributed by atoms with Crippen molar-refractivity contribution in [3.8, 4) is 0 Å². The number of methoxy groups -OCH3 is 1. The lowest BCUT2D eigenvalue weighted by Gasteiger charge is -2.27. The van der Waals surface area contributed by atoms with Crippen molar-refractivity contribution in [1.29, 1.82) is 0 Å². The summed E-state index contributed by atoms with van der Waals surface area (Å²) in [5.74, 6) is -0.463. The molecule has 1 atom stereocenters. The minimum atomic E-state index is -0.367. The molecular weight excluding hydrogens is 172 g/mol. The smallest absolute Gasteiger partial charge is 0.311 e. The van der Waals surface area contributed by atoms with Gasteiger partial charge in [-0.1, -0.05) is 0 Å². The van der Waals surface area contributed by atoms with Gasteiger partial charge in [0.1, 0.15) is 0 Å². The molecular formula is C9H16O4. The van der Waals surface area contributed by atoms with E-state index >= 15 is 0 Å². The first-order valence-electron chi connectivity index (χ1n) is 4.56. The lowest BCUT2D eigenvalue weighted by Crippen LogP contribution is -2.32. The molecule has 0 aliphatic carbocycles. The van der Waals surface area contributed by atoms with Crippen LogP contribution in [0, 0.1) is 11.8 Å². The van der Waals surface area contributed by atoms with Gasteiger partial charge in [0.05, 0.1) is 19.6 Å². The Bertz CT molecular complexity index is 163. The number of esters is 1. The molecule has 0 aromatic rings. The van der Waals surface area contributed by atoms with Gasteiger partial charge in [0.25, 0.3) is 0 Å². The minimum Gasteiger partial charge on any atom is -0.469 e. The number of hydrogen-bond donors (Lipinski definition) is 1. The van der Waals surface area contributed by atoms with E-state index in [1.54, 1.807) is 0 Å². The van der Waals surface area contributed by atoms with E-state index in [-0.39, 0.29) is 24.4 Å². The fourth-order valence-corrected chi connectivity index (χ4v) is 1.69. The minimum absolute atomic E-state index is 0.128. The van der Waals surface area contributed by atoms with Crippen molar-refractivity contribution in [2.45, 2.75) is 12.8 Å².